The van der Waals surface area contributed by atoms with E-state index in [1.165, 1.54) is 33.2 Å². The number of benzene rings is 2. The number of piperazine rings is 1. The number of thiophene rings is 1. The summed E-state index contributed by atoms with van der Waals surface area (Å²) in [6.07, 6.45) is 8.02. The monoisotopic (exact) mass is 483 g/mol. The minimum atomic E-state index is 0.0708. The van der Waals surface area contributed by atoms with Crippen molar-refractivity contribution >= 4 is 34.2 Å². The Hall–Kier alpha value is -3.15. The molecule has 2 aromatic heterocycles. The van der Waals surface area contributed by atoms with Crippen molar-refractivity contribution in [2.24, 2.45) is 0 Å². The van der Waals surface area contributed by atoms with Crippen LogP contribution >= 0.6 is 11.3 Å². The van der Waals surface area contributed by atoms with Crippen molar-refractivity contribution in [3.05, 3.63) is 99.9 Å². The summed E-state index contributed by atoms with van der Waals surface area (Å²) in [6.45, 7) is 6.53. The van der Waals surface area contributed by atoms with Gasteiger partial charge in [-0.2, -0.15) is 11.3 Å². The molecule has 0 spiro atoms. The number of carbonyl (C=O) groups excluding carboxylic acids is 1. The zero-order valence-electron chi connectivity index (χ0n) is 20.3. The molecular weight excluding hydrogens is 450 g/mol. The summed E-state index contributed by atoms with van der Waals surface area (Å²) in [5.74, 6) is 0.322. The van der Waals surface area contributed by atoms with Gasteiger partial charge in [0.05, 0.1) is 0 Å². The molecule has 5 rings (SSSR count). The molecule has 3 heterocycles. The molecule has 0 saturated carbocycles. The molecule has 1 atom stereocenters. The third-order valence-electron chi connectivity index (χ3n) is 7.11. The largest absolute Gasteiger partial charge is 0.361 e. The molecule has 2 aromatic carbocycles. The van der Waals surface area contributed by atoms with Gasteiger partial charge in [0.15, 0.2) is 0 Å². The van der Waals surface area contributed by atoms with Crippen molar-refractivity contribution in [1.29, 1.82) is 0 Å². The molecule has 0 aliphatic carbocycles. The number of hydrogen-bond acceptors (Lipinski definition) is 3. The first kappa shape index (κ1) is 23.6. The van der Waals surface area contributed by atoms with Crippen LogP contribution in [0.1, 0.15) is 41.5 Å². The maximum atomic E-state index is 13.5. The van der Waals surface area contributed by atoms with Crippen molar-refractivity contribution in [3.8, 4) is 0 Å². The molecule has 1 N–H and O–H groups in total. The first-order valence-corrected chi connectivity index (χ1v) is 13.5. The van der Waals surface area contributed by atoms with E-state index in [2.05, 4.69) is 99.3 Å². The van der Waals surface area contributed by atoms with Gasteiger partial charge in [0, 0.05) is 62.2 Å². The molecule has 1 unspecified atom stereocenters. The van der Waals surface area contributed by atoms with Crippen molar-refractivity contribution in [3.63, 3.8) is 0 Å². The summed E-state index contributed by atoms with van der Waals surface area (Å²) in [6, 6.07) is 19.1. The predicted molar refractivity (Wildman–Crippen MR) is 147 cm³/mol. The van der Waals surface area contributed by atoms with Crippen molar-refractivity contribution < 1.29 is 4.79 Å². The molecule has 1 aliphatic heterocycles. The molecule has 180 valence electrons. The predicted octanol–water partition coefficient (Wildman–Crippen LogP) is 6.17. The van der Waals surface area contributed by atoms with E-state index in [-0.39, 0.29) is 11.8 Å². The number of aryl methyl sites for hydroxylation is 1. The van der Waals surface area contributed by atoms with Gasteiger partial charge in [-0.1, -0.05) is 67.6 Å². The van der Waals surface area contributed by atoms with E-state index in [1.807, 2.05) is 6.07 Å². The average Bonchev–Trinajstić information content (AvgIpc) is 3.59. The van der Waals surface area contributed by atoms with Crippen molar-refractivity contribution in [1.82, 2.24) is 14.8 Å². The fraction of sp³-hybridized carbons (Fsp3) is 0.300. The fourth-order valence-corrected chi connectivity index (χ4v) is 5.80. The average molecular weight is 484 g/mol. The van der Waals surface area contributed by atoms with E-state index in [4.69, 9.17) is 0 Å². The number of nitrogens with one attached hydrogen (secondary N) is 1. The molecule has 1 aliphatic rings. The number of amides is 1. The van der Waals surface area contributed by atoms with E-state index >= 15 is 0 Å². The number of nitrogens with zero attached hydrogens (tertiary/aromatic N) is 2. The zero-order chi connectivity index (χ0) is 24.0. The zero-order valence-corrected chi connectivity index (χ0v) is 21.1. The number of hydrogen-bond donors (Lipinski definition) is 1. The molecule has 0 radical (unpaired) electrons. The smallest absolute Gasteiger partial charge is 0.223 e. The molecule has 4 nitrogen and oxygen atoms in total. The Bertz CT molecular complexity index is 1270. The van der Waals surface area contributed by atoms with E-state index in [9.17, 15) is 4.79 Å². The second kappa shape index (κ2) is 11.1. The number of carbonyl (C=O) groups is 1. The van der Waals surface area contributed by atoms with Gasteiger partial charge >= 0.3 is 0 Å². The van der Waals surface area contributed by atoms with E-state index in [0.717, 1.165) is 39.1 Å². The molecule has 1 amide bonds. The summed E-state index contributed by atoms with van der Waals surface area (Å²) in [5, 5.41) is 5.54. The van der Waals surface area contributed by atoms with E-state index < -0.39 is 0 Å². The van der Waals surface area contributed by atoms with E-state index in [0.29, 0.717) is 6.42 Å². The topological polar surface area (TPSA) is 39.3 Å². The Labute approximate surface area is 211 Å². The van der Waals surface area contributed by atoms with Crippen molar-refractivity contribution in [2.75, 3.05) is 32.7 Å². The molecule has 5 heteroatoms. The van der Waals surface area contributed by atoms with Crippen LogP contribution in [0.25, 0.3) is 17.0 Å². The van der Waals surface area contributed by atoms with Crippen LogP contribution in [0, 0.1) is 0 Å². The number of para-hydroxylation sites is 1. The van der Waals surface area contributed by atoms with Gasteiger partial charge in [-0.3, -0.25) is 9.69 Å². The lowest BCUT2D eigenvalue weighted by Gasteiger charge is -2.35. The molecule has 4 aromatic rings. The molecule has 0 bridgehead atoms. The Morgan fingerprint density at radius 2 is 1.89 bits per heavy atom. The Kier molecular flexibility index (Phi) is 7.45. The van der Waals surface area contributed by atoms with Crippen LogP contribution in [-0.2, 0) is 11.2 Å². The summed E-state index contributed by atoms with van der Waals surface area (Å²) >= 11 is 1.70. The van der Waals surface area contributed by atoms with Crippen molar-refractivity contribution in [2.45, 2.75) is 25.7 Å². The summed E-state index contributed by atoms with van der Waals surface area (Å²) in [5.41, 5.74) is 6.21. The highest BCUT2D eigenvalue weighted by molar-refractivity contribution is 7.08. The first-order valence-electron chi connectivity index (χ1n) is 12.6. The number of H-pyrrole nitrogens is 1. The quantitative estimate of drug-likeness (QED) is 0.325. The lowest BCUT2D eigenvalue weighted by atomic mass is 9.89. The highest BCUT2D eigenvalue weighted by Gasteiger charge is 2.27. The third kappa shape index (κ3) is 5.42. The minimum Gasteiger partial charge on any atom is -0.361 e. The summed E-state index contributed by atoms with van der Waals surface area (Å²) in [7, 11) is 0. The lowest BCUT2D eigenvalue weighted by molar-refractivity contribution is -0.133. The summed E-state index contributed by atoms with van der Waals surface area (Å²) in [4.78, 5) is 21.4. The Morgan fingerprint density at radius 1 is 1.06 bits per heavy atom. The van der Waals surface area contributed by atoms with Crippen LogP contribution < -0.4 is 0 Å². The molecule has 1 saturated heterocycles. The van der Waals surface area contributed by atoms with Gasteiger partial charge in [0.25, 0.3) is 0 Å². The van der Waals surface area contributed by atoms with E-state index in [1.54, 1.807) is 11.3 Å². The number of rotatable bonds is 8. The van der Waals surface area contributed by atoms with Crippen LogP contribution in [0.5, 0.6) is 0 Å². The van der Waals surface area contributed by atoms with Crippen LogP contribution in [-0.4, -0.2) is 53.4 Å². The second-order valence-electron chi connectivity index (χ2n) is 9.25. The van der Waals surface area contributed by atoms with Gasteiger partial charge in [-0.15, -0.1) is 0 Å². The maximum Gasteiger partial charge on any atom is 0.223 e. The molecular formula is C30H33N3OS. The summed E-state index contributed by atoms with van der Waals surface area (Å²) < 4.78 is 0. The normalized spacial score (nSPS) is 15.7. The van der Waals surface area contributed by atoms with Gasteiger partial charge in [0.2, 0.25) is 5.91 Å². The number of aromatic amines is 1. The standard InChI is InChI=1S/C30H33N3OS/c1-2-24-11-6-12-26-28(21-31-30(24)26)27(25-13-19-35-22-25)20-29(34)33-17-15-32(16-18-33)14-7-10-23-8-4-3-5-9-23/h3-13,19,21-22,27,31H,2,14-18,20H2,1H3. The SMILES string of the molecule is CCc1cccc2c(C(CC(=O)N3CCN(CC=Cc4ccccc4)CC3)c3ccsc3)c[nH]c12. The van der Waals surface area contributed by atoms with Crippen LogP contribution in [0.15, 0.2) is 77.6 Å². The Morgan fingerprint density at radius 3 is 2.63 bits per heavy atom. The minimum absolute atomic E-state index is 0.0708. The highest BCUT2D eigenvalue weighted by atomic mass is 32.1. The second-order valence-corrected chi connectivity index (χ2v) is 10.0. The first-order chi connectivity index (χ1) is 17.2. The maximum absolute atomic E-state index is 13.5. The third-order valence-corrected chi connectivity index (χ3v) is 7.81. The number of aromatic nitrogens is 1. The Balaban J connectivity index is 1.24. The van der Waals surface area contributed by atoms with Gasteiger partial charge < -0.3 is 9.88 Å². The number of fused-ring (bicyclic) bond motifs is 1. The fourth-order valence-electron chi connectivity index (χ4n) is 5.09. The van der Waals surface area contributed by atoms with Gasteiger partial charge in [-0.25, -0.2) is 0 Å². The highest BCUT2D eigenvalue weighted by Crippen LogP contribution is 2.36. The van der Waals surface area contributed by atoms with Gasteiger partial charge in [0.1, 0.15) is 0 Å². The van der Waals surface area contributed by atoms with Gasteiger partial charge in [-0.05, 0) is 45.5 Å². The van der Waals surface area contributed by atoms with Crippen LogP contribution in [0.3, 0.4) is 0 Å². The van der Waals surface area contributed by atoms with Crippen LogP contribution in [0.4, 0.5) is 0 Å². The lowest BCUT2D eigenvalue weighted by Crippen LogP contribution is -2.48. The molecule has 1 fully saturated rings. The van der Waals surface area contributed by atoms with Crippen LogP contribution in [0.2, 0.25) is 0 Å². The molecule has 35 heavy (non-hydrogen) atoms.